The fourth-order valence-electron chi connectivity index (χ4n) is 2.99. The lowest BCUT2D eigenvalue weighted by Crippen LogP contribution is -2.22. The van der Waals surface area contributed by atoms with Gasteiger partial charge >= 0.3 is 0 Å². The molecule has 0 radical (unpaired) electrons. The molecule has 2 heterocycles. The topological polar surface area (TPSA) is 72.9 Å². The molecule has 0 fully saturated rings. The monoisotopic (exact) mass is 374 g/mol. The van der Waals surface area contributed by atoms with Crippen LogP contribution in [-0.4, -0.2) is 36.9 Å². The highest BCUT2D eigenvalue weighted by Crippen LogP contribution is 2.23. The fraction of sp³-hybridized carbons (Fsp3) is 0.238. The molecule has 28 heavy (non-hydrogen) atoms. The van der Waals surface area contributed by atoms with Crippen LogP contribution >= 0.6 is 0 Å². The molecular formula is C21H22N6O. The van der Waals surface area contributed by atoms with Gasteiger partial charge in [-0.25, -0.2) is 9.67 Å². The lowest BCUT2D eigenvalue weighted by atomic mass is 10.1. The van der Waals surface area contributed by atoms with Crippen molar-refractivity contribution in [3.8, 4) is 17.1 Å². The Labute approximate surface area is 163 Å². The molecule has 0 spiro atoms. The molecule has 2 aromatic carbocycles. The first-order valence-corrected chi connectivity index (χ1v) is 9.15. The number of benzene rings is 2. The Morgan fingerprint density at radius 1 is 1.07 bits per heavy atom. The van der Waals surface area contributed by atoms with Crippen LogP contribution in [0.1, 0.15) is 30.0 Å². The van der Waals surface area contributed by atoms with E-state index in [4.69, 9.17) is 4.52 Å². The van der Waals surface area contributed by atoms with Gasteiger partial charge in [0.15, 0.2) is 0 Å². The molecule has 1 atom stereocenters. The standard InChI is InChI=1S/C21H22N6O/c1-15-4-6-18(7-5-15)21-24-20(28-25-21)12-26(3)16(2)17-8-10-19(11-9-17)27-14-22-13-23-27/h4-11,13-14,16H,12H2,1-3H3/t16-/m1/s1. The molecule has 0 bridgehead atoms. The molecule has 0 saturated heterocycles. The van der Waals surface area contributed by atoms with Gasteiger partial charge in [-0.15, -0.1) is 0 Å². The minimum absolute atomic E-state index is 0.194. The van der Waals surface area contributed by atoms with Crippen molar-refractivity contribution in [2.45, 2.75) is 26.4 Å². The molecule has 0 amide bonds. The SMILES string of the molecule is Cc1ccc(-c2noc(CN(C)[C@H](C)c3ccc(-n4cncn4)cc3)n2)cc1. The van der Waals surface area contributed by atoms with Gasteiger partial charge in [0.25, 0.3) is 0 Å². The van der Waals surface area contributed by atoms with Crippen LogP contribution in [0.2, 0.25) is 0 Å². The lowest BCUT2D eigenvalue weighted by Gasteiger charge is -2.23. The van der Waals surface area contributed by atoms with Crippen LogP contribution < -0.4 is 0 Å². The van der Waals surface area contributed by atoms with Crippen LogP contribution in [0.3, 0.4) is 0 Å². The van der Waals surface area contributed by atoms with Crippen molar-refractivity contribution in [2.24, 2.45) is 0 Å². The Morgan fingerprint density at radius 2 is 1.82 bits per heavy atom. The molecule has 0 aliphatic heterocycles. The largest absolute Gasteiger partial charge is 0.338 e. The van der Waals surface area contributed by atoms with Gasteiger partial charge in [-0.1, -0.05) is 47.1 Å². The highest BCUT2D eigenvalue weighted by atomic mass is 16.5. The van der Waals surface area contributed by atoms with Crippen molar-refractivity contribution >= 4 is 0 Å². The Bertz CT molecular complexity index is 1020. The highest BCUT2D eigenvalue weighted by molar-refractivity contribution is 5.54. The average molecular weight is 374 g/mol. The number of hydrogen-bond acceptors (Lipinski definition) is 6. The first-order valence-electron chi connectivity index (χ1n) is 9.15. The summed E-state index contributed by atoms with van der Waals surface area (Å²) >= 11 is 0. The summed E-state index contributed by atoms with van der Waals surface area (Å²) in [6.45, 7) is 4.78. The Hall–Kier alpha value is -3.32. The summed E-state index contributed by atoms with van der Waals surface area (Å²) in [5.74, 6) is 1.22. The summed E-state index contributed by atoms with van der Waals surface area (Å²) in [6, 6.07) is 16.6. The molecule has 142 valence electrons. The van der Waals surface area contributed by atoms with E-state index in [1.807, 2.05) is 43.4 Å². The maximum absolute atomic E-state index is 5.45. The average Bonchev–Trinajstić information content (AvgIpc) is 3.40. The zero-order chi connectivity index (χ0) is 19.5. The van der Waals surface area contributed by atoms with Crippen molar-refractivity contribution < 1.29 is 4.52 Å². The van der Waals surface area contributed by atoms with E-state index >= 15 is 0 Å². The van der Waals surface area contributed by atoms with Gasteiger partial charge in [-0.2, -0.15) is 10.1 Å². The number of aryl methyl sites for hydroxylation is 1. The lowest BCUT2D eigenvalue weighted by molar-refractivity contribution is 0.216. The van der Waals surface area contributed by atoms with Gasteiger partial charge in [-0.05, 0) is 38.6 Å². The number of hydrogen-bond donors (Lipinski definition) is 0. The zero-order valence-electron chi connectivity index (χ0n) is 16.1. The second-order valence-corrected chi connectivity index (χ2v) is 6.90. The van der Waals surface area contributed by atoms with E-state index in [0.717, 1.165) is 11.3 Å². The summed E-state index contributed by atoms with van der Waals surface area (Å²) in [5.41, 5.74) is 4.34. The third-order valence-corrected chi connectivity index (χ3v) is 4.88. The molecule has 0 unspecified atom stereocenters. The van der Waals surface area contributed by atoms with Gasteiger partial charge < -0.3 is 4.52 Å². The van der Waals surface area contributed by atoms with Gasteiger partial charge in [0.2, 0.25) is 11.7 Å². The molecule has 7 heteroatoms. The van der Waals surface area contributed by atoms with Crippen molar-refractivity contribution in [1.29, 1.82) is 0 Å². The van der Waals surface area contributed by atoms with Crippen LogP contribution in [0.4, 0.5) is 0 Å². The van der Waals surface area contributed by atoms with Crippen molar-refractivity contribution in [1.82, 2.24) is 29.8 Å². The van der Waals surface area contributed by atoms with E-state index in [9.17, 15) is 0 Å². The van der Waals surface area contributed by atoms with E-state index < -0.39 is 0 Å². The fourth-order valence-corrected chi connectivity index (χ4v) is 2.99. The number of nitrogens with zero attached hydrogens (tertiary/aromatic N) is 6. The number of rotatable bonds is 6. The molecular weight excluding hydrogens is 352 g/mol. The zero-order valence-corrected chi connectivity index (χ0v) is 16.1. The van der Waals surface area contributed by atoms with Crippen molar-refractivity contribution in [3.63, 3.8) is 0 Å². The summed E-state index contributed by atoms with van der Waals surface area (Å²) < 4.78 is 7.19. The van der Waals surface area contributed by atoms with Crippen LogP contribution in [0.25, 0.3) is 17.1 Å². The van der Waals surface area contributed by atoms with Gasteiger partial charge in [0.05, 0.1) is 12.2 Å². The summed E-state index contributed by atoms with van der Waals surface area (Å²) in [4.78, 5) is 10.7. The molecule has 0 aliphatic rings. The predicted octanol–water partition coefficient (Wildman–Crippen LogP) is 3.82. The molecule has 4 aromatic rings. The highest BCUT2D eigenvalue weighted by Gasteiger charge is 2.16. The normalized spacial score (nSPS) is 12.4. The first-order chi connectivity index (χ1) is 13.6. The third-order valence-electron chi connectivity index (χ3n) is 4.88. The quantitative estimate of drug-likeness (QED) is 0.511. The maximum atomic E-state index is 5.45. The second-order valence-electron chi connectivity index (χ2n) is 6.90. The number of aromatic nitrogens is 5. The van der Waals surface area contributed by atoms with Gasteiger partial charge in [-0.3, -0.25) is 4.90 Å². The Morgan fingerprint density at radius 3 is 2.50 bits per heavy atom. The van der Waals surface area contributed by atoms with Crippen molar-refractivity contribution in [3.05, 3.63) is 78.2 Å². The molecule has 0 aliphatic carbocycles. The van der Waals surface area contributed by atoms with Crippen LogP contribution in [0, 0.1) is 6.92 Å². The molecule has 0 N–H and O–H groups in total. The maximum Gasteiger partial charge on any atom is 0.241 e. The van der Waals surface area contributed by atoms with Crippen LogP contribution in [-0.2, 0) is 6.54 Å². The molecule has 0 saturated carbocycles. The minimum atomic E-state index is 0.194. The first kappa shape index (κ1) is 18.1. The van der Waals surface area contributed by atoms with E-state index in [1.54, 1.807) is 11.0 Å². The molecule has 2 aromatic heterocycles. The third kappa shape index (κ3) is 3.84. The van der Waals surface area contributed by atoms with Gasteiger partial charge in [0, 0.05) is 11.6 Å². The predicted molar refractivity (Wildman–Crippen MR) is 106 cm³/mol. The summed E-state index contributed by atoms with van der Waals surface area (Å²) in [6.07, 6.45) is 3.21. The molecule has 7 nitrogen and oxygen atoms in total. The Kier molecular flexibility index (Phi) is 4.99. The smallest absolute Gasteiger partial charge is 0.241 e. The van der Waals surface area contributed by atoms with Crippen LogP contribution in [0.15, 0.2) is 65.7 Å². The molecule has 4 rings (SSSR count). The van der Waals surface area contributed by atoms with E-state index in [-0.39, 0.29) is 6.04 Å². The van der Waals surface area contributed by atoms with Gasteiger partial charge in [0.1, 0.15) is 12.7 Å². The van der Waals surface area contributed by atoms with Crippen molar-refractivity contribution in [2.75, 3.05) is 7.05 Å². The minimum Gasteiger partial charge on any atom is -0.338 e. The Balaban J connectivity index is 1.43. The van der Waals surface area contributed by atoms with E-state index in [2.05, 4.69) is 51.1 Å². The van der Waals surface area contributed by atoms with E-state index in [0.29, 0.717) is 18.3 Å². The van der Waals surface area contributed by atoms with Crippen LogP contribution in [0.5, 0.6) is 0 Å². The summed E-state index contributed by atoms with van der Waals surface area (Å²) in [7, 11) is 2.05. The second kappa shape index (κ2) is 7.74. The van der Waals surface area contributed by atoms with E-state index in [1.165, 1.54) is 17.5 Å². The summed E-state index contributed by atoms with van der Waals surface area (Å²) in [5, 5.41) is 8.26.